The van der Waals surface area contributed by atoms with Crippen LogP contribution < -0.4 is 10.1 Å². The van der Waals surface area contributed by atoms with Gasteiger partial charge in [0.1, 0.15) is 6.10 Å². The van der Waals surface area contributed by atoms with Crippen LogP contribution in [0.25, 0.3) is 10.1 Å². The van der Waals surface area contributed by atoms with E-state index in [9.17, 15) is 0 Å². The highest BCUT2D eigenvalue weighted by molar-refractivity contribution is 7.13. The molecule has 3 nitrogen and oxygen atoms in total. The largest absolute Gasteiger partial charge is 0.472 e. The predicted octanol–water partition coefficient (Wildman–Crippen LogP) is 2.43. The van der Waals surface area contributed by atoms with Crippen LogP contribution in [-0.4, -0.2) is 23.6 Å². The Morgan fingerprint density at radius 2 is 2.31 bits per heavy atom. The third-order valence-corrected chi connectivity index (χ3v) is 3.68. The van der Waals surface area contributed by atoms with E-state index < -0.39 is 0 Å². The molecule has 1 aromatic heterocycles. The molecule has 2 heterocycles. The van der Waals surface area contributed by atoms with Crippen molar-refractivity contribution in [3.05, 3.63) is 24.3 Å². The molecular weight excluding hydrogens is 220 g/mol. The first-order valence-corrected chi connectivity index (χ1v) is 6.42. The molecule has 4 heteroatoms. The molecule has 0 spiro atoms. The van der Waals surface area contributed by atoms with Gasteiger partial charge in [0, 0.05) is 6.54 Å². The van der Waals surface area contributed by atoms with Crippen molar-refractivity contribution in [1.82, 2.24) is 9.69 Å². The van der Waals surface area contributed by atoms with E-state index in [0.29, 0.717) is 0 Å². The number of nitrogens with zero attached hydrogens (tertiary/aromatic N) is 1. The monoisotopic (exact) mass is 234 g/mol. The third-order valence-electron chi connectivity index (χ3n) is 2.87. The van der Waals surface area contributed by atoms with E-state index in [1.165, 1.54) is 22.7 Å². The van der Waals surface area contributed by atoms with Gasteiger partial charge in [-0.1, -0.05) is 12.1 Å². The van der Waals surface area contributed by atoms with Crippen LogP contribution in [-0.2, 0) is 0 Å². The first-order chi connectivity index (χ1) is 7.93. The minimum atomic E-state index is 0.277. The van der Waals surface area contributed by atoms with Crippen molar-refractivity contribution in [3.63, 3.8) is 0 Å². The summed E-state index contributed by atoms with van der Waals surface area (Å²) in [7, 11) is 0. The van der Waals surface area contributed by atoms with Gasteiger partial charge in [-0.25, -0.2) is 0 Å². The molecule has 1 saturated heterocycles. The average Bonchev–Trinajstić information content (AvgIpc) is 2.74. The van der Waals surface area contributed by atoms with Gasteiger partial charge in [-0.2, -0.15) is 4.37 Å². The van der Waals surface area contributed by atoms with E-state index in [-0.39, 0.29) is 6.10 Å². The van der Waals surface area contributed by atoms with E-state index in [4.69, 9.17) is 4.74 Å². The normalized spacial score (nSPS) is 21.1. The molecule has 0 unspecified atom stereocenters. The van der Waals surface area contributed by atoms with Crippen molar-refractivity contribution < 1.29 is 4.74 Å². The summed E-state index contributed by atoms with van der Waals surface area (Å²) in [6.45, 7) is 2.05. The van der Waals surface area contributed by atoms with E-state index in [2.05, 4.69) is 21.8 Å². The van der Waals surface area contributed by atoms with Gasteiger partial charge in [-0.15, -0.1) is 0 Å². The Morgan fingerprint density at radius 1 is 1.38 bits per heavy atom. The van der Waals surface area contributed by atoms with E-state index in [1.807, 2.05) is 12.1 Å². The second-order valence-corrected chi connectivity index (χ2v) is 4.88. The lowest BCUT2D eigenvalue weighted by Crippen LogP contribution is -2.37. The van der Waals surface area contributed by atoms with Gasteiger partial charge in [0.25, 0.3) is 0 Å². The average molecular weight is 234 g/mol. The summed E-state index contributed by atoms with van der Waals surface area (Å²) in [6, 6.07) is 8.22. The predicted molar refractivity (Wildman–Crippen MR) is 66.1 cm³/mol. The minimum Gasteiger partial charge on any atom is -0.472 e. The molecule has 1 aliphatic rings. The van der Waals surface area contributed by atoms with Crippen LogP contribution in [0.15, 0.2) is 24.3 Å². The fourth-order valence-corrected chi connectivity index (χ4v) is 2.74. The van der Waals surface area contributed by atoms with Gasteiger partial charge >= 0.3 is 0 Å². The van der Waals surface area contributed by atoms with Crippen LogP contribution in [0.2, 0.25) is 0 Å². The van der Waals surface area contributed by atoms with Gasteiger partial charge in [0.15, 0.2) is 0 Å². The van der Waals surface area contributed by atoms with Crippen LogP contribution in [0, 0.1) is 0 Å². The number of aromatic nitrogens is 1. The highest BCUT2D eigenvalue weighted by atomic mass is 32.1. The maximum Gasteiger partial charge on any atom is 0.233 e. The van der Waals surface area contributed by atoms with Crippen LogP contribution in [0.4, 0.5) is 0 Å². The number of piperidine rings is 1. The van der Waals surface area contributed by atoms with Crippen LogP contribution >= 0.6 is 11.5 Å². The summed E-state index contributed by atoms with van der Waals surface area (Å²) in [5.74, 6) is 0.800. The standard InChI is InChI=1S/C12H14N2OS/c1-2-6-11-10(5-1)12(14-16-11)15-9-4-3-7-13-8-9/h1-2,5-6,9,13H,3-4,7-8H2/t9-/m1/s1. The first-order valence-electron chi connectivity index (χ1n) is 5.65. The fraction of sp³-hybridized carbons (Fsp3) is 0.417. The molecule has 1 aromatic carbocycles. The zero-order valence-electron chi connectivity index (χ0n) is 8.98. The molecule has 84 valence electrons. The SMILES string of the molecule is c1ccc2c(O[C@@H]3CCCNC3)nsc2c1. The Bertz CT molecular complexity index is 477. The molecule has 1 aliphatic heterocycles. The quantitative estimate of drug-likeness (QED) is 0.866. The first kappa shape index (κ1) is 10.1. The highest BCUT2D eigenvalue weighted by Gasteiger charge is 2.16. The Balaban J connectivity index is 1.83. The maximum absolute atomic E-state index is 5.95. The second kappa shape index (κ2) is 4.39. The number of hydrogen-bond acceptors (Lipinski definition) is 4. The molecule has 3 rings (SSSR count). The molecule has 0 amide bonds. The molecule has 0 radical (unpaired) electrons. The molecule has 16 heavy (non-hydrogen) atoms. The smallest absolute Gasteiger partial charge is 0.233 e. The number of nitrogens with one attached hydrogen (secondary N) is 1. The Morgan fingerprint density at radius 3 is 3.19 bits per heavy atom. The Hall–Kier alpha value is -1.13. The number of hydrogen-bond donors (Lipinski definition) is 1. The third kappa shape index (κ3) is 1.90. The van der Waals surface area contributed by atoms with Crippen molar-refractivity contribution in [2.24, 2.45) is 0 Å². The summed E-state index contributed by atoms with van der Waals surface area (Å²) >= 11 is 1.51. The molecule has 0 saturated carbocycles. The van der Waals surface area contributed by atoms with Crippen molar-refractivity contribution in [2.75, 3.05) is 13.1 Å². The minimum absolute atomic E-state index is 0.277. The lowest BCUT2D eigenvalue weighted by Gasteiger charge is -2.22. The topological polar surface area (TPSA) is 34.1 Å². The lowest BCUT2D eigenvalue weighted by atomic mass is 10.1. The summed E-state index contributed by atoms with van der Waals surface area (Å²) in [5, 5.41) is 4.48. The molecule has 2 aromatic rings. The number of fused-ring (bicyclic) bond motifs is 1. The van der Waals surface area contributed by atoms with Crippen molar-refractivity contribution in [2.45, 2.75) is 18.9 Å². The summed E-state index contributed by atoms with van der Waals surface area (Å²) in [5.41, 5.74) is 0. The number of ether oxygens (including phenoxy) is 1. The molecular formula is C12H14N2OS. The fourth-order valence-electron chi connectivity index (χ4n) is 2.03. The van der Waals surface area contributed by atoms with E-state index in [1.54, 1.807) is 0 Å². The van der Waals surface area contributed by atoms with Gasteiger partial charge in [0.05, 0.1) is 10.1 Å². The van der Waals surface area contributed by atoms with E-state index >= 15 is 0 Å². The molecule has 1 atom stereocenters. The molecule has 1 N–H and O–H groups in total. The summed E-state index contributed by atoms with van der Waals surface area (Å²) < 4.78 is 11.5. The van der Waals surface area contributed by atoms with Crippen LogP contribution in [0.3, 0.4) is 0 Å². The number of rotatable bonds is 2. The van der Waals surface area contributed by atoms with Crippen LogP contribution in [0.5, 0.6) is 5.88 Å². The Kier molecular flexibility index (Phi) is 2.76. The highest BCUT2D eigenvalue weighted by Crippen LogP contribution is 2.29. The van der Waals surface area contributed by atoms with Crippen LogP contribution in [0.1, 0.15) is 12.8 Å². The van der Waals surface area contributed by atoms with Crippen molar-refractivity contribution in [3.8, 4) is 5.88 Å². The molecule has 1 fully saturated rings. The van der Waals surface area contributed by atoms with E-state index in [0.717, 1.165) is 30.8 Å². The summed E-state index contributed by atoms with van der Waals surface area (Å²) in [6.07, 6.45) is 2.59. The van der Waals surface area contributed by atoms with Crippen molar-refractivity contribution in [1.29, 1.82) is 0 Å². The van der Waals surface area contributed by atoms with Crippen molar-refractivity contribution >= 4 is 21.6 Å². The summed E-state index contributed by atoms with van der Waals surface area (Å²) in [4.78, 5) is 0. The van der Waals surface area contributed by atoms with Gasteiger partial charge in [0.2, 0.25) is 5.88 Å². The van der Waals surface area contributed by atoms with Gasteiger partial charge in [-0.05, 0) is 43.1 Å². The molecule has 0 aliphatic carbocycles. The van der Waals surface area contributed by atoms with Gasteiger partial charge < -0.3 is 10.1 Å². The second-order valence-electron chi connectivity index (χ2n) is 4.07. The maximum atomic E-state index is 5.95. The Labute approximate surface area is 98.6 Å². The lowest BCUT2D eigenvalue weighted by molar-refractivity contribution is 0.164. The zero-order valence-corrected chi connectivity index (χ0v) is 9.80. The van der Waals surface area contributed by atoms with Gasteiger partial charge in [-0.3, -0.25) is 0 Å². The molecule has 0 bridgehead atoms. The number of benzene rings is 1. The zero-order chi connectivity index (χ0) is 10.8.